The minimum Gasteiger partial charge on any atom is -0.491 e. The molecule has 104 valence electrons. The molecule has 2 rings (SSSR count). The van der Waals surface area contributed by atoms with Gasteiger partial charge in [0.1, 0.15) is 12.4 Å². The maximum absolute atomic E-state index is 8.77. The summed E-state index contributed by atoms with van der Waals surface area (Å²) in [5, 5.41) is 12.0. The highest BCUT2D eigenvalue weighted by molar-refractivity contribution is 5.98. The van der Waals surface area contributed by atoms with Gasteiger partial charge in [0, 0.05) is 5.56 Å². The fraction of sp³-hybridized carbons (Fsp3) is 0.533. The topological polar surface area (TPSA) is 51.1 Å². The molecule has 1 aromatic rings. The summed E-state index contributed by atoms with van der Waals surface area (Å²) in [7, 11) is 0. The molecule has 0 aromatic heterocycles. The van der Waals surface area contributed by atoms with Gasteiger partial charge in [-0.3, -0.25) is 0 Å². The summed E-state index contributed by atoms with van der Waals surface area (Å²) < 4.78 is 11.6. The Bertz CT molecular complexity index is 468. The van der Waals surface area contributed by atoms with Crippen LogP contribution in [0.25, 0.3) is 0 Å². The van der Waals surface area contributed by atoms with Crippen molar-refractivity contribution in [2.75, 3.05) is 6.61 Å². The summed E-state index contributed by atoms with van der Waals surface area (Å²) in [6.45, 7) is 6.52. The van der Waals surface area contributed by atoms with Gasteiger partial charge in [-0.2, -0.15) is 0 Å². The average Bonchev–Trinajstić information content (AvgIpc) is 2.75. The van der Waals surface area contributed by atoms with Crippen LogP contribution in [-0.2, 0) is 4.74 Å². The van der Waals surface area contributed by atoms with Gasteiger partial charge < -0.3 is 14.7 Å². The third-order valence-corrected chi connectivity index (χ3v) is 3.39. The molecule has 19 heavy (non-hydrogen) atoms. The first-order valence-electron chi connectivity index (χ1n) is 6.60. The number of oxime groups is 1. The molecule has 1 N–H and O–H groups in total. The molecule has 4 heteroatoms. The summed E-state index contributed by atoms with van der Waals surface area (Å²) in [6, 6.07) is 7.54. The second-order valence-electron chi connectivity index (χ2n) is 5.56. The van der Waals surface area contributed by atoms with Crippen molar-refractivity contribution in [3.05, 3.63) is 29.8 Å². The molecule has 4 nitrogen and oxygen atoms in total. The van der Waals surface area contributed by atoms with Crippen LogP contribution in [0, 0.1) is 0 Å². The van der Waals surface area contributed by atoms with E-state index in [0.29, 0.717) is 12.3 Å². The minimum atomic E-state index is -0.0317. The van der Waals surface area contributed by atoms with Gasteiger partial charge in [-0.25, -0.2) is 0 Å². The van der Waals surface area contributed by atoms with Gasteiger partial charge in [-0.1, -0.05) is 17.3 Å². The minimum absolute atomic E-state index is 0.0317. The highest BCUT2D eigenvalue weighted by atomic mass is 16.6. The fourth-order valence-electron chi connectivity index (χ4n) is 2.25. The van der Waals surface area contributed by atoms with Crippen LogP contribution in [0.1, 0.15) is 39.2 Å². The average molecular weight is 263 g/mol. The Balaban J connectivity index is 1.93. The lowest BCUT2D eigenvalue weighted by atomic mass is 10.1. The van der Waals surface area contributed by atoms with E-state index in [9.17, 15) is 0 Å². The molecule has 1 unspecified atom stereocenters. The molecule has 1 aliphatic heterocycles. The molecule has 1 aliphatic rings. The lowest BCUT2D eigenvalue weighted by molar-refractivity contribution is -0.0326. The Morgan fingerprint density at radius 1 is 1.53 bits per heavy atom. The molecule has 0 saturated carbocycles. The molecular weight excluding hydrogens is 242 g/mol. The highest BCUT2D eigenvalue weighted by Crippen LogP contribution is 2.29. The van der Waals surface area contributed by atoms with E-state index in [1.54, 1.807) is 6.92 Å². The number of nitrogens with zero attached hydrogens (tertiary/aromatic N) is 1. The predicted molar refractivity (Wildman–Crippen MR) is 74.1 cm³/mol. The number of hydrogen-bond acceptors (Lipinski definition) is 4. The second kappa shape index (κ2) is 5.61. The SMILES string of the molecule is C/C(=N/O)c1cccc(OCC2CCC(C)(C)O2)c1. The summed E-state index contributed by atoms with van der Waals surface area (Å²) in [5.74, 6) is 0.772. The van der Waals surface area contributed by atoms with Crippen LogP contribution in [-0.4, -0.2) is 29.2 Å². The van der Waals surface area contributed by atoms with Crippen molar-refractivity contribution in [1.82, 2.24) is 0 Å². The van der Waals surface area contributed by atoms with Gasteiger partial charge in [-0.05, 0) is 45.7 Å². The van der Waals surface area contributed by atoms with Crippen molar-refractivity contribution in [1.29, 1.82) is 0 Å². The van der Waals surface area contributed by atoms with Crippen molar-refractivity contribution in [2.24, 2.45) is 5.16 Å². The molecule has 0 radical (unpaired) electrons. The van der Waals surface area contributed by atoms with E-state index >= 15 is 0 Å². The van der Waals surface area contributed by atoms with E-state index in [1.807, 2.05) is 24.3 Å². The van der Waals surface area contributed by atoms with Crippen LogP contribution in [0.15, 0.2) is 29.4 Å². The number of rotatable bonds is 4. The van der Waals surface area contributed by atoms with Crippen molar-refractivity contribution in [3.8, 4) is 5.75 Å². The zero-order valence-electron chi connectivity index (χ0n) is 11.7. The molecule has 0 spiro atoms. The predicted octanol–water partition coefficient (Wildman–Crippen LogP) is 3.22. The van der Waals surface area contributed by atoms with E-state index in [0.717, 1.165) is 24.2 Å². The molecular formula is C15H21NO3. The van der Waals surface area contributed by atoms with Gasteiger partial charge in [-0.15, -0.1) is 0 Å². The Labute approximate surface area is 114 Å². The molecule has 1 saturated heterocycles. The first kappa shape index (κ1) is 13.9. The Kier molecular flexibility index (Phi) is 4.10. The van der Waals surface area contributed by atoms with Crippen molar-refractivity contribution in [2.45, 2.75) is 45.3 Å². The fourth-order valence-corrected chi connectivity index (χ4v) is 2.25. The van der Waals surface area contributed by atoms with E-state index in [-0.39, 0.29) is 11.7 Å². The summed E-state index contributed by atoms with van der Waals surface area (Å²) >= 11 is 0. The zero-order valence-corrected chi connectivity index (χ0v) is 11.7. The van der Waals surface area contributed by atoms with Gasteiger partial charge in [0.05, 0.1) is 17.4 Å². The van der Waals surface area contributed by atoms with Crippen LogP contribution < -0.4 is 4.74 Å². The normalized spacial score (nSPS) is 22.5. The largest absolute Gasteiger partial charge is 0.491 e. The summed E-state index contributed by atoms with van der Waals surface area (Å²) in [4.78, 5) is 0. The monoisotopic (exact) mass is 263 g/mol. The van der Waals surface area contributed by atoms with Crippen molar-refractivity contribution < 1.29 is 14.7 Å². The summed E-state index contributed by atoms with van der Waals surface area (Å²) in [6.07, 6.45) is 2.26. The van der Waals surface area contributed by atoms with Crippen LogP contribution in [0.3, 0.4) is 0 Å². The third-order valence-electron chi connectivity index (χ3n) is 3.39. The standard InChI is InChI=1S/C15H21NO3/c1-11(16-17)12-5-4-6-13(9-12)18-10-14-7-8-15(2,3)19-14/h4-6,9,14,17H,7-8,10H2,1-3H3/b16-11-. The molecule has 0 aliphatic carbocycles. The maximum Gasteiger partial charge on any atom is 0.120 e. The molecule has 1 heterocycles. The quantitative estimate of drug-likeness (QED) is 0.515. The maximum atomic E-state index is 8.77. The molecule has 1 atom stereocenters. The summed E-state index contributed by atoms with van der Waals surface area (Å²) in [5.41, 5.74) is 1.40. The first-order chi connectivity index (χ1) is 9.00. The van der Waals surface area contributed by atoms with Gasteiger partial charge in [0.25, 0.3) is 0 Å². The Morgan fingerprint density at radius 3 is 2.95 bits per heavy atom. The lowest BCUT2D eigenvalue weighted by Crippen LogP contribution is -2.23. The molecule has 1 aromatic carbocycles. The number of ether oxygens (including phenoxy) is 2. The first-order valence-corrected chi connectivity index (χ1v) is 6.60. The van der Waals surface area contributed by atoms with Gasteiger partial charge in [0.15, 0.2) is 0 Å². The third kappa shape index (κ3) is 3.70. The van der Waals surface area contributed by atoms with Gasteiger partial charge in [0.2, 0.25) is 0 Å². The smallest absolute Gasteiger partial charge is 0.120 e. The van der Waals surface area contributed by atoms with Crippen LogP contribution in [0.2, 0.25) is 0 Å². The Hall–Kier alpha value is -1.55. The van der Waals surface area contributed by atoms with E-state index in [1.165, 1.54) is 0 Å². The molecule has 0 bridgehead atoms. The van der Waals surface area contributed by atoms with Crippen LogP contribution in [0.5, 0.6) is 5.75 Å². The zero-order chi connectivity index (χ0) is 13.9. The van der Waals surface area contributed by atoms with Crippen molar-refractivity contribution >= 4 is 5.71 Å². The van der Waals surface area contributed by atoms with Crippen molar-refractivity contribution in [3.63, 3.8) is 0 Å². The van der Waals surface area contributed by atoms with Gasteiger partial charge >= 0.3 is 0 Å². The van der Waals surface area contributed by atoms with E-state index in [4.69, 9.17) is 14.7 Å². The molecule has 0 amide bonds. The van der Waals surface area contributed by atoms with Crippen LogP contribution in [0.4, 0.5) is 0 Å². The lowest BCUT2D eigenvalue weighted by Gasteiger charge is -2.19. The van der Waals surface area contributed by atoms with E-state index < -0.39 is 0 Å². The number of benzene rings is 1. The van der Waals surface area contributed by atoms with E-state index in [2.05, 4.69) is 19.0 Å². The molecule has 1 fully saturated rings. The number of hydrogen-bond donors (Lipinski definition) is 1. The second-order valence-corrected chi connectivity index (χ2v) is 5.56. The Morgan fingerprint density at radius 2 is 2.32 bits per heavy atom. The highest BCUT2D eigenvalue weighted by Gasteiger charge is 2.31. The van der Waals surface area contributed by atoms with Crippen LogP contribution >= 0.6 is 0 Å².